The van der Waals surface area contributed by atoms with Crippen LogP contribution in [0.4, 0.5) is 0 Å². The van der Waals surface area contributed by atoms with Crippen molar-refractivity contribution >= 4 is 27.3 Å². The average Bonchev–Trinajstić information content (AvgIpc) is 2.88. The number of thiophene rings is 1. The Kier molecular flexibility index (Phi) is 5.20. The minimum atomic E-state index is 0.340. The normalized spacial score (nSPS) is 14.6. The van der Waals surface area contributed by atoms with E-state index in [0.29, 0.717) is 18.0 Å². The Labute approximate surface area is 128 Å². The molecule has 0 fully saturated rings. The SMILES string of the molecule is CC(C)C(N[C@@H](C)c1cccc(Br)c1)c1cccs1. The zero-order valence-electron chi connectivity index (χ0n) is 11.6. The van der Waals surface area contributed by atoms with Crippen LogP contribution >= 0.6 is 27.3 Å². The number of rotatable bonds is 5. The third-order valence-corrected chi connectivity index (χ3v) is 4.74. The summed E-state index contributed by atoms with van der Waals surface area (Å²) in [6.07, 6.45) is 0. The van der Waals surface area contributed by atoms with Crippen molar-refractivity contribution in [3.8, 4) is 0 Å². The quantitative estimate of drug-likeness (QED) is 0.753. The van der Waals surface area contributed by atoms with Gasteiger partial charge in [0.15, 0.2) is 0 Å². The summed E-state index contributed by atoms with van der Waals surface area (Å²) in [7, 11) is 0. The smallest absolute Gasteiger partial charge is 0.0442 e. The summed E-state index contributed by atoms with van der Waals surface area (Å²) in [5, 5.41) is 5.90. The second-order valence-corrected chi connectivity index (χ2v) is 7.08. The molecular weight excluding hydrogens is 318 g/mol. The first-order chi connectivity index (χ1) is 9.08. The van der Waals surface area contributed by atoms with Crippen molar-refractivity contribution in [3.63, 3.8) is 0 Å². The molecule has 102 valence electrons. The second kappa shape index (κ2) is 6.69. The van der Waals surface area contributed by atoms with Gasteiger partial charge in [-0.3, -0.25) is 0 Å². The highest BCUT2D eigenvalue weighted by Crippen LogP contribution is 2.29. The molecule has 2 aromatic rings. The summed E-state index contributed by atoms with van der Waals surface area (Å²) in [4.78, 5) is 1.41. The van der Waals surface area contributed by atoms with E-state index in [9.17, 15) is 0 Å². The van der Waals surface area contributed by atoms with E-state index in [2.05, 4.69) is 83.8 Å². The number of benzene rings is 1. The summed E-state index contributed by atoms with van der Waals surface area (Å²) in [6, 6.07) is 13.6. The third-order valence-electron chi connectivity index (χ3n) is 3.29. The number of nitrogens with one attached hydrogen (secondary N) is 1. The monoisotopic (exact) mass is 337 g/mol. The Balaban J connectivity index is 2.14. The molecule has 1 aromatic heterocycles. The maximum absolute atomic E-state index is 3.75. The van der Waals surface area contributed by atoms with Crippen LogP contribution in [0.2, 0.25) is 0 Å². The molecule has 0 aliphatic rings. The minimum Gasteiger partial charge on any atom is -0.302 e. The van der Waals surface area contributed by atoms with Crippen LogP contribution in [0.3, 0.4) is 0 Å². The first kappa shape index (κ1) is 14.8. The average molecular weight is 338 g/mol. The first-order valence-corrected chi connectivity index (χ1v) is 8.30. The van der Waals surface area contributed by atoms with Crippen LogP contribution in [-0.2, 0) is 0 Å². The largest absolute Gasteiger partial charge is 0.302 e. The Morgan fingerprint density at radius 2 is 1.89 bits per heavy atom. The molecule has 0 saturated carbocycles. The zero-order chi connectivity index (χ0) is 13.8. The molecule has 0 aliphatic heterocycles. The third kappa shape index (κ3) is 3.91. The highest BCUT2D eigenvalue weighted by molar-refractivity contribution is 9.10. The van der Waals surface area contributed by atoms with Crippen LogP contribution in [0, 0.1) is 5.92 Å². The van der Waals surface area contributed by atoms with Gasteiger partial charge in [-0.1, -0.05) is 48.0 Å². The predicted molar refractivity (Wildman–Crippen MR) is 87.6 cm³/mol. The van der Waals surface area contributed by atoms with E-state index in [0.717, 1.165) is 4.47 Å². The molecule has 0 amide bonds. The number of hydrogen-bond donors (Lipinski definition) is 1. The van der Waals surface area contributed by atoms with E-state index < -0.39 is 0 Å². The molecule has 2 atom stereocenters. The van der Waals surface area contributed by atoms with Gasteiger partial charge in [-0.25, -0.2) is 0 Å². The molecule has 0 saturated heterocycles. The van der Waals surface area contributed by atoms with Crippen LogP contribution < -0.4 is 5.32 Å². The Bertz CT molecular complexity index is 507. The van der Waals surface area contributed by atoms with Crippen molar-refractivity contribution in [1.82, 2.24) is 5.32 Å². The Morgan fingerprint density at radius 3 is 2.47 bits per heavy atom. The Morgan fingerprint density at radius 1 is 1.11 bits per heavy atom. The van der Waals surface area contributed by atoms with Crippen molar-refractivity contribution in [2.24, 2.45) is 5.92 Å². The summed E-state index contributed by atoms with van der Waals surface area (Å²) in [6.45, 7) is 6.76. The van der Waals surface area contributed by atoms with Gasteiger partial charge in [-0.15, -0.1) is 11.3 Å². The van der Waals surface area contributed by atoms with Gasteiger partial charge in [-0.2, -0.15) is 0 Å². The summed E-state index contributed by atoms with van der Waals surface area (Å²) < 4.78 is 1.14. The van der Waals surface area contributed by atoms with Gasteiger partial charge in [0.1, 0.15) is 0 Å². The zero-order valence-corrected chi connectivity index (χ0v) is 14.0. The van der Waals surface area contributed by atoms with Gasteiger partial charge in [0.25, 0.3) is 0 Å². The van der Waals surface area contributed by atoms with Gasteiger partial charge in [0.2, 0.25) is 0 Å². The molecule has 0 aliphatic carbocycles. The minimum absolute atomic E-state index is 0.340. The topological polar surface area (TPSA) is 12.0 Å². The van der Waals surface area contributed by atoms with Crippen LogP contribution in [0.15, 0.2) is 46.3 Å². The van der Waals surface area contributed by atoms with E-state index in [4.69, 9.17) is 0 Å². The van der Waals surface area contributed by atoms with Crippen molar-refractivity contribution in [3.05, 3.63) is 56.7 Å². The molecule has 0 spiro atoms. The molecule has 0 bridgehead atoms. The maximum Gasteiger partial charge on any atom is 0.0442 e. The molecule has 0 radical (unpaired) electrons. The van der Waals surface area contributed by atoms with Gasteiger partial charge < -0.3 is 5.32 Å². The molecule has 1 N–H and O–H groups in total. The lowest BCUT2D eigenvalue weighted by molar-refractivity contribution is 0.379. The number of halogens is 1. The summed E-state index contributed by atoms with van der Waals surface area (Å²) in [5.74, 6) is 0.577. The molecule has 3 heteroatoms. The van der Waals surface area contributed by atoms with Gasteiger partial charge in [0.05, 0.1) is 0 Å². The van der Waals surface area contributed by atoms with Crippen molar-refractivity contribution < 1.29 is 0 Å². The van der Waals surface area contributed by atoms with Crippen molar-refractivity contribution in [2.45, 2.75) is 32.9 Å². The van der Waals surface area contributed by atoms with Crippen LogP contribution in [0.25, 0.3) is 0 Å². The summed E-state index contributed by atoms with van der Waals surface area (Å²) >= 11 is 5.37. The van der Waals surface area contributed by atoms with E-state index in [1.807, 2.05) is 11.3 Å². The molecule has 2 rings (SSSR count). The van der Waals surface area contributed by atoms with E-state index in [1.165, 1.54) is 10.4 Å². The first-order valence-electron chi connectivity index (χ1n) is 6.63. The lowest BCUT2D eigenvalue weighted by Gasteiger charge is -2.26. The van der Waals surface area contributed by atoms with Crippen molar-refractivity contribution in [1.29, 1.82) is 0 Å². The van der Waals surface area contributed by atoms with Gasteiger partial charge in [0, 0.05) is 21.4 Å². The lowest BCUT2D eigenvalue weighted by Crippen LogP contribution is -2.27. The van der Waals surface area contributed by atoms with E-state index in [1.54, 1.807) is 0 Å². The van der Waals surface area contributed by atoms with Crippen molar-refractivity contribution in [2.75, 3.05) is 0 Å². The Hall–Kier alpha value is -0.640. The molecule has 1 unspecified atom stereocenters. The van der Waals surface area contributed by atoms with Gasteiger partial charge >= 0.3 is 0 Å². The fourth-order valence-corrected chi connectivity index (χ4v) is 3.59. The molecule has 19 heavy (non-hydrogen) atoms. The second-order valence-electron chi connectivity index (χ2n) is 5.18. The van der Waals surface area contributed by atoms with Crippen LogP contribution in [-0.4, -0.2) is 0 Å². The standard InChI is InChI=1S/C16H20BrNS/c1-11(2)16(15-8-5-9-19-15)18-12(3)13-6-4-7-14(17)10-13/h4-12,16,18H,1-3H3/t12-,16?/m0/s1. The van der Waals surface area contributed by atoms with Gasteiger partial charge in [-0.05, 0) is 42.0 Å². The fraction of sp³-hybridized carbons (Fsp3) is 0.375. The predicted octanol–water partition coefficient (Wildman–Crippen LogP) is 5.56. The van der Waals surface area contributed by atoms with E-state index >= 15 is 0 Å². The fourth-order valence-electron chi connectivity index (χ4n) is 2.21. The molecular formula is C16H20BrNS. The summed E-state index contributed by atoms with van der Waals surface area (Å²) in [5.41, 5.74) is 1.32. The van der Waals surface area contributed by atoms with Crippen LogP contribution in [0.1, 0.15) is 43.3 Å². The van der Waals surface area contributed by atoms with E-state index in [-0.39, 0.29) is 0 Å². The number of hydrogen-bond acceptors (Lipinski definition) is 2. The highest BCUT2D eigenvalue weighted by atomic mass is 79.9. The maximum atomic E-state index is 3.75. The van der Waals surface area contributed by atoms with Crippen LogP contribution in [0.5, 0.6) is 0 Å². The molecule has 1 nitrogen and oxygen atoms in total. The highest BCUT2D eigenvalue weighted by Gasteiger charge is 2.19. The lowest BCUT2D eigenvalue weighted by atomic mass is 10.00. The molecule has 1 heterocycles. The molecule has 1 aromatic carbocycles.